The Kier molecular flexibility index (Phi) is 7.62. The predicted molar refractivity (Wildman–Crippen MR) is 119 cm³/mol. The molecule has 0 atom stereocenters. The second-order valence-electron chi connectivity index (χ2n) is 8.00. The molecule has 4 heterocycles. The lowest BCUT2D eigenvalue weighted by Gasteiger charge is -2.32. The smallest absolute Gasteiger partial charge is 0.223 e. The number of morpholine rings is 1. The van der Waals surface area contributed by atoms with Crippen LogP contribution in [0, 0.1) is 5.92 Å². The molecular weight excluding hydrogens is 394 g/mol. The van der Waals surface area contributed by atoms with Crippen molar-refractivity contribution >= 4 is 17.5 Å². The molecule has 0 aromatic carbocycles. The molecule has 0 unspecified atom stereocenters. The van der Waals surface area contributed by atoms with Crippen LogP contribution in [-0.4, -0.2) is 78.5 Å². The lowest BCUT2D eigenvalue weighted by molar-refractivity contribution is -0.125. The maximum absolute atomic E-state index is 12.5. The molecule has 9 nitrogen and oxygen atoms in total. The van der Waals surface area contributed by atoms with Crippen LogP contribution in [0.15, 0.2) is 36.7 Å². The summed E-state index contributed by atoms with van der Waals surface area (Å²) in [6, 6.07) is 7.87. The number of ether oxygens (including phenoxy) is 1. The van der Waals surface area contributed by atoms with Gasteiger partial charge in [-0.15, -0.1) is 10.2 Å². The van der Waals surface area contributed by atoms with Crippen molar-refractivity contribution in [3.8, 4) is 0 Å². The SMILES string of the molecule is O=C(NCCN1CCOCC1)C1CCN(c2ccc(NCc3cccnc3)nn2)CC1. The Morgan fingerprint density at radius 1 is 1.10 bits per heavy atom. The molecule has 166 valence electrons. The van der Waals surface area contributed by atoms with E-state index in [2.05, 4.69) is 35.6 Å². The summed E-state index contributed by atoms with van der Waals surface area (Å²) in [6.45, 7) is 7.38. The molecule has 4 rings (SSSR count). The third-order valence-electron chi connectivity index (χ3n) is 5.87. The third-order valence-corrected chi connectivity index (χ3v) is 5.87. The van der Waals surface area contributed by atoms with Gasteiger partial charge in [-0.25, -0.2) is 0 Å². The van der Waals surface area contributed by atoms with Gasteiger partial charge in [0.2, 0.25) is 5.91 Å². The van der Waals surface area contributed by atoms with Crippen molar-refractivity contribution in [1.82, 2.24) is 25.4 Å². The zero-order valence-electron chi connectivity index (χ0n) is 17.9. The first kappa shape index (κ1) is 21.5. The highest BCUT2D eigenvalue weighted by molar-refractivity contribution is 5.79. The fraction of sp³-hybridized carbons (Fsp3) is 0.545. The number of hydrogen-bond donors (Lipinski definition) is 2. The third kappa shape index (κ3) is 6.35. The number of nitrogens with one attached hydrogen (secondary N) is 2. The highest BCUT2D eigenvalue weighted by atomic mass is 16.5. The van der Waals surface area contributed by atoms with Crippen LogP contribution in [0.1, 0.15) is 18.4 Å². The molecule has 9 heteroatoms. The zero-order chi connectivity index (χ0) is 21.3. The lowest BCUT2D eigenvalue weighted by Crippen LogP contribution is -2.44. The Bertz CT molecular complexity index is 804. The van der Waals surface area contributed by atoms with Gasteiger partial charge in [0.15, 0.2) is 5.82 Å². The van der Waals surface area contributed by atoms with Crippen molar-refractivity contribution in [3.63, 3.8) is 0 Å². The van der Waals surface area contributed by atoms with Crippen LogP contribution < -0.4 is 15.5 Å². The summed E-state index contributed by atoms with van der Waals surface area (Å²) in [4.78, 5) is 21.2. The summed E-state index contributed by atoms with van der Waals surface area (Å²) in [7, 11) is 0. The maximum Gasteiger partial charge on any atom is 0.223 e. The Hall–Kier alpha value is -2.78. The summed E-state index contributed by atoms with van der Waals surface area (Å²) < 4.78 is 5.36. The van der Waals surface area contributed by atoms with E-state index in [0.717, 1.165) is 76.0 Å². The monoisotopic (exact) mass is 425 g/mol. The second kappa shape index (κ2) is 11.0. The Labute approximate surface area is 183 Å². The van der Waals surface area contributed by atoms with E-state index in [1.165, 1.54) is 0 Å². The van der Waals surface area contributed by atoms with E-state index >= 15 is 0 Å². The number of amides is 1. The Morgan fingerprint density at radius 2 is 1.94 bits per heavy atom. The highest BCUT2D eigenvalue weighted by Crippen LogP contribution is 2.22. The van der Waals surface area contributed by atoms with Crippen molar-refractivity contribution in [2.24, 2.45) is 5.92 Å². The topological polar surface area (TPSA) is 95.5 Å². The fourth-order valence-electron chi connectivity index (χ4n) is 3.96. The van der Waals surface area contributed by atoms with Gasteiger partial charge in [0.1, 0.15) is 5.82 Å². The summed E-state index contributed by atoms with van der Waals surface area (Å²) in [6.07, 6.45) is 5.27. The summed E-state index contributed by atoms with van der Waals surface area (Å²) in [5.74, 6) is 1.85. The molecule has 0 bridgehead atoms. The van der Waals surface area contributed by atoms with Crippen molar-refractivity contribution in [2.45, 2.75) is 19.4 Å². The van der Waals surface area contributed by atoms with Crippen molar-refractivity contribution in [3.05, 3.63) is 42.2 Å². The summed E-state index contributed by atoms with van der Waals surface area (Å²) >= 11 is 0. The van der Waals surface area contributed by atoms with E-state index in [1.807, 2.05) is 30.5 Å². The lowest BCUT2D eigenvalue weighted by atomic mass is 9.96. The molecule has 2 N–H and O–H groups in total. The number of hydrogen-bond acceptors (Lipinski definition) is 8. The molecule has 0 aliphatic carbocycles. The van der Waals surface area contributed by atoms with E-state index in [4.69, 9.17) is 4.74 Å². The fourth-order valence-corrected chi connectivity index (χ4v) is 3.96. The maximum atomic E-state index is 12.5. The summed E-state index contributed by atoms with van der Waals surface area (Å²) in [5, 5.41) is 15.0. The molecule has 2 fully saturated rings. The van der Waals surface area contributed by atoms with Crippen LogP contribution in [-0.2, 0) is 16.1 Å². The first-order valence-electron chi connectivity index (χ1n) is 11.1. The minimum atomic E-state index is 0.0781. The van der Waals surface area contributed by atoms with Crippen LogP contribution in [0.3, 0.4) is 0 Å². The molecule has 0 radical (unpaired) electrons. The van der Waals surface area contributed by atoms with E-state index < -0.39 is 0 Å². The molecule has 2 aliphatic heterocycles. The van der Waals surface area contributed by atoms with Crippen LogP contribution in [0.4, 0.5) is 11.6 Å². The van der Waals surface area contributed by atoms with Gasteiger partial charge in [-0.1, -0.05) is 6.07 Å². The molecule has 2 aliphatic rings. The highest BCUT2D eigenvalue weighted by Gasteiger charge is 2.25. The second-order valence-corrected chi connectivity index (χ2v) is 8.00. The molecular formula is C22H31N7O2. The first-order chi connectivity index (χ1) is 15.3. The van der Waals surface area contributed by atoms with Crippen molar-refractivity contribution < 1.29 is 9.53 Å². The Morgan fingerprint density at radius 3 is 2.65 bits per heavy atom. The number of pyridine rings is 1. The van der Waals surface area contributed by atoms with Crippen LogP contribution in [0.2, 0.25) is 0 Å². The van der Waals surface area contributed by atoms with Gasteiger partial charge in [0.05, 0.1) is 13.2 Å². The minimum Gasteiger partial charge on any atom is -0.379 e. The summed E-state index contributed by atoms with van der Waals surface area (Å²) in [5.41, 5.74) is 1.10. The van der Waals surface area contributed by atoms with Gasteiger partial charge in [-0.3, -0.25) is 14.7 Å². The zero-order valence-corrected chi connectivity index (χ0v) is 17.9. The normalized spacial score (nSPS) is 18.0. The van der Waals surface area contributed by atoms with Gasteiger partial charge in [-0.2, -0.15) is 0 Å². The van der Waals surface area contributed by atoms with E-state index in [0.29, 0.717) is 13.1 Å². The van der Waals surface area contributed by atoms with Gasteiger partial charge >= 0.3 is 0 Å². The molecule has 2 aromatic heterocycles. The number of aromatic nitrogens is 3. The van der Waals surface area contributed by atoms with Crippen molar-refractivity contribution in [1.29, 1.82) is 0 Å². The van der Waals surface area contributed by atoms with Gasteiger partial charge < -0.3 is 20.3 Å². The average molecular weight is 426 g/mol. The number of piperidine rings is 1. The van der Waals surface area contributed by atoms with E-state index in [9.17, 15) is 4.79 Å². The number of anilines is 2. The van der Waals surface area contributed by atoms with E-state index in [1.54, 1.807) is 6.20 Å². The van der Waals surface area contributed by atoms with E-state index in [-0.39, 0.29) is 11.8 Å². The largest absolute Gasteiger partial charge is 0.379 e. The molecule has 2 saturated heterocycles. The average Bonchev–Trinajstić information content (AvgIpc) is 2.84. The molecule has 1 amide bonds. The standard InChI is InChI=1S/C22H31N7O2/c30-22(24-8-11-28-12-14-31-15-13-28)19-5-9-29(10-6-19)21-4-3-20(26-27-21)25-17-18-2-1-7-23-16-18/h1-4,7,16,19H,5-6,8-15,17H2,(H,24,30)(H,25,26). The van der Waals surface area contributed by atoms with Crippen LogP contribution >= 0.6 is 0 Å². The molecule has 31 heavy (non-hydrogen) atoms. The molecule has 2 aromatic rings. The van der Waals surface area contributed by atoms with Crippen LogP contribution in [0.25, 0.3) is 0 Å². The van der Waals surface area contributed by atoms with Gasteiger partial charge in [-0.05, 0) is 36.6 Å². The number of carbonyl (C=O) groups is 1. The predicted octanol–water partition coefficient (Wildman–Crippen LogP) is 1.15. The van der Waals surface area contributed by atoms with Gasteiger partial charge in [0.25, 0.3) is 0 Å². The first-order valence-corrected chi connectivity index (χ1v) is 11.1. The minimum absolute atomic E-state index is 0.0781. The molecule has 0 saturated carbocycles. The quantitative estimate of drug-likeness (QED) is 0.650. The number of nitrogens with zero attached hydrogens (tertiary/aromatic N) is 5. The van der Waals surface area contributed by atoms with Crippen LogP contribution in [0.5, 0.6) is 0 Å². The molecule has 0 spiro atoms. The Balaban J connectivity index is 1.17. The van der Waals surface area contributed by atoms with Crippen molar-refractivity contribution in [2.75, 3.05) is 62.7 Å². The van der Waals surface area contributed by atoms with Gasteiger partial charge in [0, 0.05) is 64.1 Å². The number of rotatable bonds is 8. The number of carbonyl (C=O) groups excluding carboxylic acids is 1.